The Morgan fingerprint density at radius 2 is 1.90 bits per heavy atom. The second-order valence-electron chi connectivity index (χ2n) is 6.29. The van der Waals surface area contributed by atoms with Crippen molar-refractivity contribution in [3.05, 3.63) is 80.4 Å². The van der Waals surface area contributed by atoms with Crippen molar-refractivity contribution in [2.24, 2.45) is 0 Å². The molecule has 0 radical (unpaired) electrons. The number of hydrogen-bond acceptors (Lipinski definition) is 5. The maximum Gasteiger partial charge on any atom is 0.267 e. The molecule has 8 heteroatoms. The molecule has 146 valence electrons. The number of anilines is 1. The van der Waals surface area contributed by atoms with Crippen molar-refractivity contribution in [3.63, 3.8) is 0 Å². The van der Waals surface area contributed by atoms with E-state index in [4.69, 9.17) is 0 Å². The Morgan fingerprint density at radius 1 is 1.17 bits per heavy atom. The van der Waals surface area contributed by atoms with Crippen molar-refractivity contribution in [1.82, 2.24) is 9.55 Å². The number of aromatic nitrogens is 2. The van der Waals surface area contributed by atoms with E-state index in [0.29, 0.717) is 15.4 Å². The Balaban J connectivity index is 1.64. The third-order valence-corrected chi connectivity index (χ3v) is 6.54. The first-order chi connectivity index (χ1) is 14.0. The molecule has 5 nitrogen and oxygen atoms in total. The molecule has 0 unspecified atom stereocenters. The van der Waals surface area contributed by atoms with Crippen LogP contribution in [0.1, 0.15) is 4.88 Å². The van der Waals surface area contributed by atoms with E-state index in [1.165, 1.54) is 23.1 Å². The predicted molar refractivity (Wildman–Crippen MR) is 123 cm³/mol. The molecule has 0 aliphatic rings. The minimum Gasteiger partial charge on any atom is -0.325 e. The highest BCUT2D eigenvalue weighted by Gasteiger charge is 2.16. The molecule has 0 bridgehead atoms. The van der Waals surface area contributed by atoms with E-state index in [1.807, 2.05) is 67.6 Å². The number of benzene rings is 2. The molecule has 0 atom stereocenters. The van der Waals surface area contributed by atoms with Crippen LogP contribution < -0.4 is 10.9 Å². The van der Waals surface area contributed by atoms with Gasteiger partial charge in [0.25, 0.3) is 5.56 Å². The third-order valence-electron chi connectivity index (χ3n) is 4.13. The van der Waals surface area contributed by atoms with E-state index < -0.39 is 0 Å². The first-order valence-corrected chi connectivity index (χ1v) is 11.4. The highest BCUT2D eigenvalue weighted by molar-refractivity contribution is 9.10. The summed E-state index contributed by atoms with van der Waals surface area (Å²) in [4.78, 5) is 32.0. The quantitative estimate of drug-likeness (QED) is 0.309. The second-order valence-corrected chi connectivity index (χ2v) is 9.38. The fourth-order valence-electron chi connectivity index (χ4n) is 2.84. The number of carbonyl (C=O) groups is 1. The van der Waals surface area contributed by atoms with Crippen molar-refractivity contribution in [3.8, 4) is 5.69 Å². The minimum atomic E-state index is -0.159. The summed E-state index contributed by atoms with van der Waals surface area (Å²) in [5, 5.41) is 3.96. The van der Waals surface area contributed by atoms with Crippen LogP contribution in [0.2, 0.25) is 0 Å². The lowest BCUT2D eigenvalue weighted by Crippen LogP contribution is -2.22. The molecule has 0 saturated heterocycles. The van der Waals surface area contributed by atoms with Crippen LogP contribution in [-0.4, -0.2) is 21.2 Å². The average Bonchev–Trinajstić information content (AvgIpc) is 3.09. The summed E-state index contributed by atoms with van der Waals surface area (Å²) < 4.78 is 2.52. The zero-order valence-corrected chi connectivity index (χ0v) is 18.6. The Labute approximate surface area is 183 Å². The van der Waals surface area contributed by atoms with Gasteiger partial charge >= 0.3 is 0 Å². The lowest BCUT2D eigenvalue weighted by molar-refractivity contribution is -0.113. The van der Waals surface area contributed by atoms with Gasteiger partial charge in [-0.3, -0.25) is 14.2 Å². The number of nitrogens with zero attached hydrogens (tertiary/aromatic N) is 2. The van der Waals surface area contributed by atoms with Crippen LogP contribution >= 0.6 is 39.0 Å². The molecule has 4 aromatic rings. The summed E-state index contributed by atoms with van der Waals surface area (Å²) in [6, 6.07) is 18.6. The largest absolute Gasteiger partial charge is 0.325 e. The highest BCUT2D eigenvalue weighted by Crippen LogP contribution is 2.26. The number of thioether (sulfide) groups is 1. The molecule has 2 aromatic heterocycles. The van der Waals surface area contributed by atoms with Crippen molar-refractivity contribution < 1.29 is 4.79 Å². The SMILES string of the molecule is Cc1cc2c(=O)n(-c3ccccc3)c(SCC(=O)Nc3ccc(Br)cc3)nc2s1. The maximum absolute atomic E-state index is 13.1. The van der Waals surface area contributed by atoms with Gasteiger partial charge in [-0.15, -0.1) is 11.3 Å². The topological polar surface area (TPSA) is 64.0 Å². The Morgan fingerprint density at radius 3 is 2.62 bits per heavy atom. The van der Waals surface area contributed by atoms with Gasteiger partial charge in [-0.25, -0.2) is 4.98 Å². The van der Waals surface area contributed by atoms with Gasteiger partial charge in [0.1, 0.15) is 4.83 Å². The summed E-state index contributed by atoms with van der Waals surface area (Å²) in [6.45, 7) is 1.96. The zero-order valence-electron chi connectivity index (χ0n) is 15.4. The van der Waals surface area contributed by atoms with Crippen molar-refractivity contribution in [2.75, 3.05) is 11.1 Å². The molecule has 2 heterocycles. The van der Waals surface area contributed by atoms with Gasteiger partial charge in [-0.1, -0.05) is 45.9 Å². The number of hydrogen-bond donors (Lipinski definition) is 1. The number of nitrogens with one attached hydrogen (secondary N) is 1. The third kappa shape index (κ3) is 4.44. The number of amides is 1. The molecular weight excluding hydrogens is 470 g/mol. The molecule has 0 aliphatic carbocycles. The lowest BCUT2D eigenvalue weighted by atomic mass is 10.3. The number of fused-ring (bicyclic) bond motifs is 1. The smallest absolute Gasteiger partial charge is 0.267 e. The van der Waals surface area contributed by atoms with Gasteiger partial charge in [0.05, 0.1) is 16.8 Å². The predicted octanol–water partition coefficient (Wildman–Crippen LogP) is 5.25. The van der Waals surface area contributed by atoms with Crippen LogP contribution in [0.4, 0.5) is 5.69 Å². The van der Waals surface area contributed by atoms with E-state index in [1.54, 1.807) is 4.57 Å². The van der Waals surface area contributed by atoms with E-state index in [-0.39, 0.29) is 17.2 Å². The second kappa shape index (κ2) is 8.52. The number of carbonyl (C=O) groups excluding carboxylic acids is 1. The molecule has 29 heavy (non-hydrogen) atoms. The standard InChI is InChI=1S/C21H16BrN3O2S2/c1-13-11-17-19(29-13)24-21(25(20(17)27)16-5-3-2-4-6-16)28-12-18(26)23-15-9-7-14(22)8-10-15/h2-11H,12H2,1H3,(H,23,26). The molecule has 0 spiro atoms. The minimum absolute atomic E-state index is 0.124. The van der Waals surface area contributed by atoms with E-state index in [9.17, 15) is 9.59 Å². The molecule has 1 amide bonds. The molecule has 2 aromatic carbocycles. The molecule has 0 fully saturated rings. The number of halogens is 1. The Hall–Kier alpha value is -2.42. The molecule has 4 rings (SSSR count). The van der Waals surface area contributed by atoms with Gasteiger partial charge in [0, 0.05) is 15.0 Å². The highest BCUT2D eigenvalue weighted by atomic mass is 79.9. The van der Waals surface area contributed by atoms with Crippen LogP contribution in [-0.2, 0) is 4.79 Å². The van der Waals surface area contributed by atoms with Crippen LogP contribution in [0.3, 0.4) is 0 Å². The molecule has 0 saturated carbocycles. The van der Waals surface area contributed by atoms with Crippen LogP contribution in [0.15, 0.2) is 75.1 Å². The normalized spacial score (nSPS) is 11.0. The van der Waals surface area contributed by atoms with Gasteiger partial charge in [-0.2, -0.15) is 0 Å². The van der Waals surface area contributed by atoms with Crippen LogP contribution in [0.5, 0.6) is 0 Å². The monoisotopic (exact) mass is 485 g/mol. The lowest BCUT2D eigenvalue weighted by Gasteiger charge is -2.12. The van der Waals surface area contributed by atoms with Crippen molar-refractivity contribution in [1.29, 1.82) is 0 Å². The van der Waals surface area contributed by atoms with E-state index in [2.05, 4.69) is 26.2 Å². The fourth-order valence-corrected chi connectivity index (χ4v) is 4.84. The number of aryl methyl sites for hydroxylation is 1. The molecule has 1 N–H and O–H groups in total. The summed E-state index contributed by atoms with van der Waals surface area (Å²) in [5.41, 5.74) is 1.32. The van der Waals surface area contributed by atoms with Crippen molar-refractivity contribution in [2.45, 2.75) is 12.1 Å². The van der Waals surface area contributed by atoms with Gasteiger partial charge in [0.2, 0.25) is 5.91 Å². The molecule has 0 aliphatic heterocycles. The summed E-state index contributed by atoms with van der Waals surface area (Å²) >= 11 is 6.10. The first kappa shape index (κ1) is 19.9. The number of rotatable bonds is 5. The summed E-state index contributed by atoms with van der Waals surface area (Å²) in [7, 11) is 0. The maximum atomic E-state index is 13.1. The van der Waals surface area contributed by atoms with Crippen LogP contribution in [0.25, 0.3) is 15.9 Å². The number of thiophene rings is 1. The molecular formula is C21H16BrN3O2S2. The van der Waals surface area contributed by atoms with Gasteiger partial charge < -0.3 is 5.32 Å². The van der Waals surface area contributed by atoms with Crippen LogP contribution in [0, 0.1) is 6.92 Å². The van der Waals surface area contributed by atoms with Gasteiger partial charge in [-0.05, 0) is 49.4 Å². The van der Waals surface area contributed by atoms with Crippen molar-refractivity contribution >= 4 is 60.8 Å². The zero-order chi connectivity index (χ0) is 20.4. The number of para-hydroxylation sites is 1. The fraction of sp³-hybridized carbons (Fsp3) is 0.0952. The first-order valence-electron chi connectivity index (χ1n) is 8.78. The summed E-state index contributed by atoms with van der Waals surface area (Å²) in [5.74, 6) is -0.0146. The Kier molecular flexibility index (Phi) is 5.84. The average molecular weight is 486 g/mol. The Bertz CT molecular complexity index is 1230. The van der Waals surface area contributed by atoms with Gasteiger partial charge in [0.15, 0.2) is 5.16 Å². The van der Waals surface area contributed by atoms with E-state index in [0.717, 1.165) is 20.7 Å². The van der Waals surface area contributed by atoms with E-state index >= 15 is 0 Å². The summed E-state index contributed by atoms with van der Waals surface area (Å²) in [6.07, 6.45) is 0.